The number of aryl methyl sites for hydroxylation is 1. The Morgan fingerprint density at radius 3 is 2.90 bits per heavy atom. The summed E-state index contributed by atoms with van der Waals surface area (Å²) in [6, 6.07) is 2.40. The van der Waals surface area contributed by atoms with Crippen molar-refractivity contribution in [1.29, 1.82) is 0 Å². The van der Waals surface area contributed by atoms with Crippen LogP contribution < -0.4 is 11.1 Å². The Labute approximate surface area is 120 Å². The third-order valence-electron chi connectivity index (χ3n) is 3.13. The number of imidazole rings is 1. The number of hydrogen-bond donors (Lipinski definition) is 3. The number of H-pyrrole nitrogens is 1. The number of aromatic amines is 1. The van der Waals surface area contributed by atoms with Crippen LogP contribution in [0.4, 0.5) is 8.78 Å². The molecule has 21 heavy (non-hydrogen) atoms. The molecule has 0 saturated carbocycles. The van der Waals surface area contributed by atoms with E-state index in [0.29, 0.717) is 17.8 Å². The molecule has 5 nitrogen and oxygen atoms in total. The van der Waals surface area contributed by atoms with Gasteiger partial charge in [0.15, 0.2) is 0 Å². The lowest BCUT2D eigenvalue weighted by molar-refractivity contribution is 0.0945. The van der Waals surface area contributed by atoms with Crippen molar-refractivity contribution in [1.82, 2.24) is 15.3 Å². The van der Waals surface area contributed by atoms with Gasteiger partial charge in [-0.25, -0.2) is 13.8 Å². The second-order valence-corrected chi connectivity index (χ2v) is 4.57. The Kier molecular flexibility index (Phi) is 4.64. The zero-order valence-electron chi connectivity index (χ0n) is 11.5. The lowest BCUT2D eigenvalue weighted by Crippen LogP contribution is -2.33. The molecule has 1 aromatic carbocycles. The number of hydrogen-bond acceptors (Lipinski definition) is 3. The SMILES string of the molecule is CCc1[nH]cnc1C(=O)NCC(N)c1ccc(F)cc1F. The number of nitrogens with zero attached hydrogens (tertiary/aromatic N) is 1. The van der Waals surface area contributed by atoms with Crippen LogP contribution in [0.3, 0.4) is 0 Å². The standard InChI is InChI=1S/C14H16F2N4O/c1-2-12-13(20-7-19-12)14(21)18-6-11(17)9-4-3-8(15)5-10(9)16/h3-5,7,11H,2,6,17H2,1H3,(H,18,21)(H,19,20). The van der Waals surface area contributed by atoms with E-state index in [1.54, 1.807) is 0 Å². The second-order valence-electron chi connectivity index (χ2n) is 4.57. The maximum atomic E-state index is 13.6. The van der Waals surface area contributed by atoms with Crippen molar-refractivity contribution < 1.29 is 13.6 Å². The molecule has 0 aliphatic rings. The molecule has 1 atom stereocenters. The first-order valence-electron chi connectivity index (χ1n) is 6.54. The largest absolute Gasteiger partial charge is 0.349 e. The van der Waals surface area contributed by atoms with Gasteiger partial charge in [0, 0.05) is 23.9 Å². The van der Waals surface area contributed by atoms with E-state index in [9.17, 15) is 13.6 Å². The number of rotatable bonds is 5. The van der Waals surface area contributed by atoms with E-state index in [4.69, 9.17) is 5.73 Å². The molecule has 0 fully saturated rings. The van der Waals surface area contributed by atoms with Crippen LogP contribution in [0.5, 0.6) is 0 Å². The van der Waals surface area contributed by atoms with Gasteiger partial charge in [-0.3, -0.25) is 4.79 Å². The topological polar surface area (TPSA) is 83.8 Å². The van der Waals surface area contributed by atoms with E-state index in [0.717, 1.165) is 12.1 Å². The minimum Gasteiger partial charge on any atom is -0.349 e. The fourth-order valence-corrected chi connectivity index (χ4v) is 1.98. The number of amides is 1. The van der Waals surface area contributed by atoms with Crippen LogP contribution >= 0.6 is 0 Å². The smallest absolute Gasteiger partial charge is 0.271 e. The molecule has 112 valence electrons. The predicted octanol–water partition coefficient (Wildman–Crippen LogP) is 1.68. The summed E-state index contributed by atoms with van der Waals surface area (Å²) in [6.45, 7) is 1.92. The summed E-state index contributed by atoms with van der Waals surface area (Å²) >= 11 is 0. The van der Waals surface area contributed by atoms with Gasteiger partial charge in [0.25, 0.3) is 5.91 Å². The third-order valence-corrected chi connectivity index (χ3v) is 3.13. The minimum absolute atomic E-state index is 0.0252. The van der Waals surface area contributed by atoms with Crippen LogP contribution in [0, 0.1) is 11.6 Å². The summed E-state index contributed by atoms with van der Waals surface area (Å²) < 4.78 is 26.4. The third kappa shape index (κ3) is 3.43. The molecule has 0 aliphatic carbocycles. The lowest BCUT2D eigenvalue weighted by Gasteiger charge is -2.14. The van der Waals surface area contributed by atoms with Crippen molar-refractivity contribution in [2.45, 2.75) is 19.4 Å². The summed E-state index contributed by atoms with van der Waals surface area (Å²) in [6.07, 6.45) is 2.08. The summed E-state index contributed by atoms with van der Waals surface area (Å²) in [5.41, 5.74) is 6.97. The zero-order chi connectivity index (χ0) is 15.4. The van der Waals surface area contributed by atoms with Gasteiger partial charge in [0.2, 0.25) is 0 Å². The number of aromatic nitrogens is 2. The van der Waals surface area contributed by atoms with Gasteiger partial charge < -0.3 is 16.0 Å². The quantitative estimate of drug-likeness (QED) is 0.784. The summed E-state index contributed by atoms with van der Waals surface area (Å²) in [5.74, 6) is -1.78. The number of nitrogens with one attached hydrogen (secondary N) is 2. The van der Waals surface area contributed by atoms with Crippen LogP contribution in [-0.4, -0.2) is 22.4 Å². The van der Waals surface area contributed by atoms with Gasteiger partial charge in [0.1, 0.15) is 17.3 Å². The molecule has 2 rings (SSSR count). The molecular weight excluding hydrogens is 278 g/mol. The lowest BCUT2D eigenvalue weighted by atomic mass is 10.1. The highest BCUT2D eigenvalue weighted by molar-refractivity contribution is 5.93. The number of carbonyl (C=O) groups excluding carboxylic acids is 1. The van der Waals surface area contributed by atoms with Crippen molar-refractivity contribution in [3.05, 3.63) is 53.1 Å². The number of benzene rings is 1. The van der Waals surface area contributed by atoms with E-state index < -0.39 is 17.7 Å². The first kappa shape index (κ1) is 15.1. The molecular formula is C14H16F2N4O. The number of halogens is 2. The van der Waals surface area contributed by atoms with E-state index in [1.165, 1.54) is 12.4 Å². The first-order chi connectivity index (χ1) is 10.0. The fourth-order valence-electron chi connectivity index (χ4n) is 1.98. The highest BCUT2D eigenvalue weighted by Crippen LogP contribution is 2.15. The van der Waals surface area contributed by atoms with Crippen LogP contribution in [0.25, 0.3) is 0 Å². The van der Waals surface area contributed by atoms with Crippen LogP contribution in [0.2, 0.25) is 0 Å². The highest BCUT2D eigenvalue weighted by Gasteiger charge is 2.16. The molecule has 7 heteroatoms. The van der Waals surface area contributed by atoms with Gasteiger partial charge in [-0.05, 0) is 12.5 Å². The molecule has 0 bridgehead atoms. The van der Waals surface area contributed by atoms with Gasteiger partial charge in [0.05, 0.1) is 12.4 Å². The number of nitrogens with two attached hydrogens (primary N) is 1. The Morgan fingerprint density at radius 1 is 1.48 bits per heavy atom. The van der Waals surface area contributed by atoms with E-state index >= 15 is 0 Å². The summed E-state index contributed by atoms with van der Waals surface area (Å²) in [4.78, 5) is 18.8. The fraction of sp³-hybridized carbons (Fsp3) is 0.286. The van der Waals surface area contributed by atoms with Crippen molar-refractivity contribution >= 4 is 5.91 Å². The Hall–Kier alpha value is -2.28. The second kappa shape index (κ2) is 6.45. The van der Waals surface area contributed by atoms with Crippen LogP contribution in [-0.2, 0) is 6.42 Å². The van der Waals surface area contributed by atoms with Crippen LogP contribution in [0.1, 0.15) is 34.7 Å². The maximum Gasteiger partial charge on any atom is 0.271 e. The van der Waals surface area contributed by atoms with E-state index in [-0.39, 0.29) is 18.0 Å². The van der Waals surface area contributed by atoms with Gasteiger partial charge in [-0.1, -0.05) is 13.0 Å². The molecule has 1 unspecified atom stereocenters. The summed E-state index contributed by atoms with van der Waals surface area (Å²) in [5, 5.41) is 2.59. The highest BCUT2D eigenvalue weighted by atomic mass is 19.1. The monoisotopic (exact) mass is 294 g/mol. The maximum absolute atomic E-state index is 13.6. The van der Waals surface area contributed by atoms with Crippen molar-refractivity contribution in [2.75, 3.05) is 6.54 Å². The van der Waals surface area contributed by atoms with Crippen molar-refractivity contribution in [2.24, 2.45) is 5.73 Å². The molecule has 1 heterocycles. The molecule has 0 aliphatic heterocycles. The Bertz CT molecular complexity index is 642. The van der Waals surface area contributed by atoms with Crippen molar-refractivity contribution in [3.63, 3.8) is 0 Å². The normalized spacial score (nSPS) is 12.2. The first-order valence-corrected chi connectivity index (χ1v) is 6.54. The molecule has 1 amide bonds. The molecule has 1 aromatic heterocycles. The Balaban J connectivity index is 2.01. The molecule has 4 N–H and O–H groups in total. The van der Waals surface area contributed by atoms with Gasteiger partial charge in [-0.2, -0.15) is 0 Å². The average Bonchev–Trinajstić information content (AvgIpc) is 2.92. The average molecular weight is 294 g/mol. The van der Waals surface area contributed by atoms with Crippen LogP contribution in [0.15, 0.2) is 24.5 Å². The molecule has 2 aromatic rings. The van der Waals surface area contributed by atoms with E-state index in [2.05, 4.69) is 15.3 Å². The molecule has 0 spiro atoms. The predicted molar refractivity (Wildman–Crippen MR) is 73.6 cm³/mol. The van der Waals surface area contributed by atoms with Gasteiger partial charge >= 0.3 is 0 Å². The minimum atomic E-state index is -0.765. The number of carbonyl (C=O) groups is 1. The summed E-state index contributed by atoms with van der Waals surface area (Å²) in [7, 11) is 0. The van der Waals surface area contributed by atoms with Gasteiger partial charge in [-0.15, -0.1) is 0 Å². The Morgan fingerprint density at radius 2 is 2.24 bits per heavy atom. The molecule has 0 saturated heterocycles. The van der Waals surface area contributed by atoms with Crippen molar-refractivity contribution in [3.8, 4) is 0 Å². The van der Waals surface area contributed by atoms with E-state index in [1.807, 2.05) is 6.92 Å². The molecule has 0 radical (unpaired) electrons. The zero-order valence-corrected chi connectivity index (χ0v) is 11.5.